The highest BCUT2D eigenvalue weighted by molar-refractivity contribution is 7.99. The number of nitrogens with one attached hydrogen (secondary N) is 1. The molecule has 3 heterocycles. The van der Waals surface area contributed by atoms with E-state index >= 15 is 0 Å². The third-order valence-electron chi connectivity index (χ3n) is 4.08. The molecule has 0 atom stereocenters. The summed E-state index contributed by atoms with van der Waals surface area (Å²) in [6.45, 7) is 0. The van der Waals surface area contributed by atoms with Gasteiger partial charge in [-0.05, 0) is 37.0 Å². The summed E-state index contributed by atoms with van der Waals surface area (Å²) in [5, 5.41) is 11.6. The number of methoxy groups -OCH3 is 1. The maximum Gasteiger partial charge on any atom is 0.341 e. The molecule has 1 aliphatic rings. The molecule has 3 aromatic rings. The van der Waals surface area contributed by atoms with Gasteiger partial charge < -0.3 is 14.5 Å². The first-order chi connectivity index (χ1) is 13.5. The van der Waals surface area contributed by atoms with E-state index < -0.39 is 5.97 Å². The van der Waals surface area contributed by atoms with Crippen molar-refractivity contribution in [1.29, 1.82) is 0 Å². The summed E-state index contributed by atoms with van der Waals surface area (Å²) < 4.78 is 11.1. The largest absolute Gasteiger partial charge is 0.465 e. The van der Waals surface area contributed by atoms with Gasteiger partial charge in [0.15, 0.2) is 0 Å². The first kappa shape index (κ1) is 19.4. The fraction of sp³-hybridized carbons (Fsp3) is 0.294. The van der Waals surface area contributed by atoms with Crippen LogP contribution in [0.1, 0.15) is 27.2 Å². The molecule has 7 nitrogen and oxygen atoms in total. The summed E-state index contributed by atoms with van der Waals surface area (Å²) in [6, 6.07) is 3.55. The zero-order valence-corrected chi connectivity index (χ0v) is 17.8. The SMILES string of the molecule is COC(=O)c1c(NC(=O)CSc2nnc(-c3ccc(Cl)s3)o2)sc2c1CCC2. The van der Waals surface area contributed by atoms with Crippen molar-refractivity contribution in [2.45, 2.75) is 24.5 Å². The predicted molar refractivity (Wildman–Crippen MR) is 110 cm³/mol. The number of hydrogen-bond acceptors (Lipinski definition) is 9. The van der Waals surface area contributed by atoms with Gasteiger partial charge in [0.2, 0.25) is 5.91 Å². The number of thiophene rings is 2. The molecule has 0 bridgehead atoms. The summed E-state index contributed by atoms with van der Waals surface area (Å²) in [6.07, 6.45) is 2.77. The maximum absolute atomic E-state index is 12.4. The standard InChI is InChI=1S/C17H14ClN3O4S3/c1-24-16(23)13-8-3-2-4-9(8)28-15(13)19-12(22)7-26-17-21-20-14(25-17)10-5-6-11(18)27-10/h5-6H,2-4,7H2,1H3,(H,19,22). The van der Waals surface area contributed by atoms with Crippen molar-refractivity contribution in [1.82, 2.24) is 10.2 Å². The molecule has 1 N–H and O–H groups in total. The molecule has 1 amide bonds. The summed E-state index contributed by atoms with van der Waals surface area (Å²) >= 11 is 9.81. The highest BCUT2D eigenvalue weighted by atomic mass is 35.5. The van der Waals surface area contributed by atoms with Crippen LogP contribution in [0, 0.1) is 0 Å². The average molecular weight is 456 g/mol. The Bertz CT molecular complexity index is 1040. The molecule has 4 rings (SSSR count). The second-order valence-corrected chi connectivity index (χ2v) is 9.61. The molecule has 0 fully saturated rings. The van der Waals surface area contributed by atoms with E-state index in [4.69, 9.17) is 20.8 Å². The number of halogens is 1. The van der Waals surface area contributed by atoms with E-state index in [-0.39, 0.29) is 16.9 Å². The van der Waals surface area contributed by atoms with Gasteiger partial charge in [0.25, 0.3) is 11.1 Å². The minimum Gasteiger partial charge on any atom is -0.465 e. The first-order valence-electron chi connectivity index (χ1n) is 8.30. The van der Waals surface area contributed by atoms with E-state index in [9.17, 15) is 9.59 Å². The molecule has 0 unspecified atom stereocenters. The van der Waals surface area contributed by atoms with E-state index in [1.54, 1.807) is 12.1 Å². The molecule has 146 valence electrons. The number of aryl methyl sites for hydroxylation is 1. The number of rotatable bonds is 6. The van der Waals surface area contributed by atoms with Gasteiger partial charge in [0.1, 0.15) is 5.00 Å². The van der Waals surface area contributed by atoms with Gasteiger partial charge in [0.05, 0.1) is 27.6 Å². The van der Waals surface area contributed by atoms with Gasteiger partial charge in [-0.3, -0.25) is 4.79 Å². The number of anilines is 1. The lowest BCUT2D eigenvalue weighted by Crippen LogP contribution is -2.16. The van der Waals surface area contributed by atoms with Crippen LogP contribution in [0.5, 0.6) is 0 Å². The molecule has 0 saturated carbocycles. The van der Waals surface area contributed by atoms with Crippen LogP contribution in [-0.4, -0.2) is 34.9 Å². The van der Waals surface area contributed by atoms with E-state index in [0.29, 0.717) is 20.8 Å². The third-order valence-corrected chi connectivity index (χ3v) is 7.33. The van der Waals surface area contributed by atoms with E-state index in [1.807, 2.05) is 0 Å². The molecule has 1 aliphatic carbocycles. The Morgan fingerprint density at radius 2 is 2.18 bits per heavy atom. The highest BCUT2D eigenvalue weighted by Gasteiger charge is 2.28. The predicted octanol–water partition coefficient (Wildman–Crippen LogP) is 4.52. The Labute approximate surface area is 177 Å². The number of amides is 1. The van der Waals surface area contributed by atoms with Crippen molar-refractivity contribution >= 4 is 62.9 Å². The maximum atomic E-state index is 12.4. The van der Waals surface area contributed by atoms with Gasteiger partial charge in [-0.1, -0.05) is 23.4 Å². The number of carbonyl (C=O) groups excluding carboxylic acids is 2. The van der Waals surface area contributed by atoms with E-state index in [1.165, 1.54) is 29.8 Å². The van der Waals surface area contributed by atoms with Crippen molar-refractivity contribution < 1.29 is 18.7 Å². The lowest BCUT2D eigenvalue weighted by Gasteiger charge is -2.06. The number of hydrogen-bond donors (Lipinski definition) is 1. The second-order valence-electron chi connectivity index (χ2n) is 5.87. The second kappa shape index (κ2) is 8.24. The number of fused-ring (bicyclic) bond motifs is 1. The van der Waals surface area contributed by atoms with Crippen LogP contribution in [0.15, 0.2) is 21.8 Å². The Morgan fingerprint density at radius 1 is 1.32 bits per heavy atom. The molecular formula is C17H14ClN3O4S3. The fourth-order valence-electron chi connectivity index (χ4n) is 2.90. The Hall–Kier alpha value is -1.88. The number of nitrogens with zero attached hydrogens (tertiary/aromatic N) is 2. The normalized spacial score (nSPS) is 12.8. The number of carbonyl (C=O) groups is 2. The van der Waals surface area contributed by atoms with Crippen molar-refractivity contribution in [2.24, 2.45) is 0 Å². The number of aromatic nitrogens is 2. The molecule has 3 aromatic heterocycles. The number of esters is 1. The van der Waals surface area contributed by atoms with Gasteiger partial charge in [-0.25, -0.2) is 4.79 Å². The van der Waals surface area contributed by atoms with Gasteiger partial charge in [-0.15, -0.1) is 32.9 Å². The van der Waals surface area contributed by atoms with Gasteiger partial charge >= 0.3 is 5.97 Å². The van der Waals surface area contributed by atoms with Crippen LogP contribution in [0.2, 0.25) is 4.34 Å². The summed E-state index contributed by atoms with van der Waals surface area (Å²) in [4.78, 5) is 26.4. The van der Waals surface area contributed by atoms with Crippen LogP contribution in [0.4, 0.5) is 5.00 Å². The monoisotopic (exact) mass is 455 g/mol. The van der Waals surface area contributed by atoms with Crippen LogP contribution in [-0.2, 0) is 22.4 Å². The fourth-order valence-corrected chi connectivity index (χ4v) is 5.72. The van der Waals surface area contributed by atoms with Crippen LogP contribution in [0.3, 0.4) is 0 Å². The van der Waals surface area contributed by atoms with E-state index in [0.717, 1.165) is 46.3 Å². The Balaban J connectivity index is 1.40. The molecule has 0 aliphatic heterocycles. The van der Waals surface area contributed by atoms with Crippen molar-refractivity contribution in [3.8, 4) is 10.8 Å². The van der Waals surface area contributed by atoms with Crippen LogP contribution < -0.4 is 5.32 Å². The first-order valence-corrected chi connectivity index (χ1v) is 11.3. The van der Waals surface area contributed by atoms with E-state index in [2.05, 4.69) is 15.5 Å². The van der Waals surface area contributed by atoms with Crippen molar-refractivity contribution in [3.05, 3.63) is 32.5 Å². The Kier molecular flexibility index (Phi) is 5.72. The minimum absolute atomic E-state index is 0.0794. The molecular weight excluding hydrogens is 442 g/mol. The highest BCUT2D eigenvalue weighted by Crippen LogP contribution is 2.39. The van der Waals surface area contributed by atoms with Crippen LogP contribution >= 0.6 is 46.0 Å². The van der Waals surface area contributed by atoms with Crippen molar-refractivity contribution in [2.75, 3.05) is 18.2 Å². The molecule has 0 radical (unpaired) electrons. The molecule has 11 heteroatoms. The lowest BCUT2D eigenvalue weighted by molar-refractivity contribution is -0.113. The third kappa shape index (κ3) is 3.95. The quantitative estimate of drug-likeness (QED) is 0.431. The number of ether oxygens (including phenoxy) is 1. The molecule has 0 spiro atoms. The summed E-state index contributed by atoms with van der Waals surface area (Å²) in [5.41, 5.74) is 1.48. The zero-order valence-electron chi connectivity index (χ0n) is 14.6. The smallest absolute Gasteiger partial charge is 0.341 e. The molecule has 0 aromatic carbocycles. The summed E-state index contributed by atoms with van der Waals surface area (Å²) in [7, 11) is 1.34. The molecule has 28 heavy (non-hydrogen) atoms. The minimum atomic E-state index is -0.418. The average Bonchev–Trinajstić information content (AvgIpc) is 3.43. The lowest BCUT2D eigenvalue weighted by atomic mass is 10.1. The number of thioether (sulfide) groups is 1. The van der Waals surface area contributed by atoms with Crippen molar-refractivity contribution in [3.63, 3.8) is 0 Å². The van der Waals surface area contributed by atoms with Crippen LogP contribution in [0.25, 0.3) is 10.8 Å². The molecule has 0 saturated heterocycles. The Morgan fingerprint density at radius 3 is 2.93 bits per heavy atom. The zero-order chi connectivity index (χ0) is 19.7. The topological polar surface area (TPSA) is 94.3 Å². The van der Waals surface area contributed by atoms with Gasteiger partial charge in [-0.2, -0.15) is 0 Å². The van der Waals surface area contributed by atoms with Gasteiger partial charge in [0, 0.05) is 4.88 Å². The summed E-state index contributed by atoms with van der Waals surface area (Å²) in [5.74, 6) is -0.231.